The molecule has 1 aromatic heterocycles. The number of pyridine rings is 1. The molecule has 0 atom stereocenters. The average molecular weight is 139 g/mol. The second-order valence-corrected chi connectivity index (χ2v) is 1.91. The van der Waals surface area contributed by atoms with Crippen molar-refractivity contribution in [2.24, 2.45) is 5.73 Å². The zero-order valence-electron chi connectivity index (χ0n) is 5.41. The lowest BCUT2D eigenvalue weighted by Gasteiger charge is -1.99. The molecule has 54 valence electrons. The zero-order valence-corrected chi connectivity index (χ0v) is 5.41. The Kier molecular flexibility index (Phi) is 1.73. The quantitative estimate of drug-likeness (QED) is 0.504. The maximum atomic E-state index is 9.04. The Morgan fingerprint density at radius 2 is 2.20 bits per heavy atom. The van der Waals surface area contributed by atoms with Crippen LogP contribution in [0.4, 0.5) is 5.82 Å². The first-order chi connectivity index (χ1) is 4.74. The maximum absolute atomic E-state index is 9.04. The number of aromatic hydroxyl groups is 1. The van der Waals surface area contributed by atoms with Crippen LogP contribution in [0.15, 0.2) is 12.1 Å². The summed E-state index contributed by atoms with van der Waals surface area (Å²) in [5, 5.41) is 9.04. The highest BCUT2D eigenvalue weighted by atomic mass is 16.3. The van der Waals surface area contributed by atoms with Gasteiger partial charge in [-0.3, -0.25) is 0 Å². The Bertz CT molecular complexity index is 236. The molecule has 0 bridgehead atoms. The number of hydrogen-bond acceptors (Lipinski definition) is 4. The van der Waals surface area contributed by atoms with Crippen molar-refractivity contribution >= 4 is 5.82 Å². The first-order valence-corrected chi connectivity index (χ1v) is 2.88. The summed E-state index contributed by atoms with van der Waals surface area (Å²) in [6, 6.07) is 3.00. The number of hydrogen-bond donors (Lipinski definition) is 3. The molecule has 0 radical (unpaired) electrons. The van der Waals surface area contributed by atoms with Crippen LogP contribution in [0.3, 0.4) is 0 Å². The molecule has 4 nitrogen and oxygen atoms in total. The van der Waals surface area contributed by atoms with Crippen molar-refractivity contribution in [1.29, 1.82) is 0 Å². The highest BCUT2D eigenvalue weighted by Gasteiger charge is 1.98. The van der Waals surface area contributed by atoms with Gasteiger partial charge >= 0.3 is 0 Å². The summed E-state index contributed by atoms with van der Waals surface area (Å²) in [7, 11) is 0. The SMILES string of the molecule is NCc1nc(N)ccc1O. The zero-order chi connectivity index (χ0) is 7.56. The molecule has 0 aliphatic rings. The summed E-state index contributed by atoms with van der Waals surface area (Å²) < 4.78 is 0. The molecule has 5 N–H and O–H groups in total. The monoisotopic (exact) mass is 139 g/mol. The van der Waals surface area contributed by atoms with Gasteiger partial charge in [-0.25, -0.2) is 4.98 Å². The molecule has 0 saturated carbocycles. The third-order valence-corrected chi connectivity index (χ3v) is 1.17. The Balaban J connectivity index is 3.09. The van der Waals surface area contributed by atoms with Crippen LogP contribution < -0.4 is 11.5 Å². The minimum Gasteiger partial charge on any atom is -0.506 e. The fourth-order valence-corrected chi connectivity index (χ4v) is 0.661. The summed E-state index contributed by atoms with van der Waals surface area (Å²) in [4.78, 5) is 3.79. The largest absolute Gasteiger partial charge is 0.506 e. The van der Waals surface area contributed by atoms with Gasteiger partial charge in [-0.15, -0.1) is 0 Å². The molecule has 1 aromatic rings. The molecule has 0 aliphatic heterocycles. The van der Waals surface area contributed by atoms with Gasteiger partial charge in [0.1, 0.15) is 11.6 Å². The van der Waals surface area contributed by atoms with E-state index >= 15 is 0 Å². The molecule has 0 fully saturated rings. The van der Waals surface area contributed by atoms with Crippen LogP contribution in [0.1, 0.15) is 5.69 Å². The molecular weight excluding hydrogens is 130 g/mol. The van der Waals surface area contributed by atoms with Gasteiger partial charge in [-0.2, -0.15) is 0 Å². The average Bonchev–Trinajstić information content (AvgIpc) is 1.94. The van der Waals surface area contributed by atoms with Crippen molar-refractivity contribution in [3.05, 3.63) is 17.8 Å². The highest BCUT2D eigenvalue weighted by molar-refractivity contribution is 5.36. The molecule has 0 aliphatic carbocycles. The molecular formula is C6H9N3O. The fraction of sp³-hybridized carbons (Fsp3) is 0.167. The van der Waals surface area contributed by atoms with Crippen LogP contribution in [-0.4, -0.2) is 10.1 Å². The molecule has 4 heteroatoms. The summed E-state index contributed by atoms with van der Waals surface area (Å²) in [5.74, 6) is 0.468. The van der Waals surface area contributed by atoms with E-state index in [9.17, 15) is 0 Å². The van der Waals surface area contributed by atoms with E-state index in [1.165, 1.54) is 12.1 Å². The number of aromatic nitrogens is 1. The third kappa shape index (κ3) is 1.16. The topological polar surface area (TPSA) is 85.2 Å². The van der Waals surface area contributed by atoms with Crippen molar-refractivity contribution < 1.29 is 5.11 Å². The number of rotatable bonds is 1. The third-order valence-electron chi connectivity index (χ3n) is 1.17. The van der Waals surface area contributed by atoms with E-state index in [2.05, 4.69) is 4.98 Å². The first-order valence-electron chi connectivity index (χ1n) is 2.88. The van der Waals surface area contributed by atoms with E-state index in [1.807, 2.05) is 0 Å². The van der Waals surface area contributed by atoms with Gasteiger partial charge in [0.25, 0.3) is 0 Å². The number of nitrogen functional groups attached to an aromatic ring is 1. The van der Waals surface area contributed by atoms with Gasteiger partial charge < -0.3 is 16.6 Å². The van der Waals surface area contributed by atoms with E-state index in [0.717, 1.165) is 0 Å². The Morgan fingerprint density at radius 3 is 2.70 bits per heavy atom. The van der Waals surface area contributed by atoms with Crippen molar-refractivity contribution in [1.82, 2.24) is 4.98 Å². The summed E-state index contributed by atoms with van der Waals surface area (Å²) in [6.45, 7) is 0.205. The Hall–Kier alpha value is -1.29. The van der Waals surface area contributed by atoms with Crippen LogP contribution >= 0.6 is 0 Å². The van der Waals surface area contributed by atoms with Gasteiger partial charge in [0.15, 0.2) is 0 Å². The Labute approximate surface area is 58.5 Å². The normalized spacial score (nSPS) is 9.70. The van der Waals surface area contributed by atoms with E-state index in [0.29, 0.717) is 11.5 Å². The van der Waals surface area contributed by atoms with Crippen molar-refractivity contribution in [2.45, 2.75) is 6.54 Å². The maximum Gasteiger partial charge on any atom is 0.138 e. The molecule has 1 heterocycles. The van der Waals surface area contributed by atoms with Gasteiger partial charge in [-0.05, 0) is 12.1 Å². The van der Waals surface area contributed by atoms with Crippen molar-refractivity contribution in [3.8, 4) is 5.75 Å². The fourth-order valence-electron chi connectivity index (χ4n) is 0.661. The smallest absolute Gasteiger partial charge is 0.138 e. The Morgan fingerprint density at radius 1 is 1.50 bits per heavy atom. The van der Waals surface area contributed by atoms with Gasteiger partial charge in [0, 0.05) is 6.54 Å². The molecule has 0 aromatic carbocycles. The molecule has 0 unspecified atom stereocenters. The number of nitrogens with zero attached hydrogens (tertiary/aromatic N) is 1. The van der Waals surface area contributed by atoms with Crippen LogP contribution in [0.5, 0.6) is 5.75 Å². The minimum atomic E-state index is 0.0942. The van der Waals surface area contributed by atoms with E-state index in [1.54, 1.807) is 0 Å². The summed E-state index contributed by atoms with van der Waals surface area (Å²) in [5.41, 5.74) is 11.0. The standard InChI is InChI=1S/C6H9N3O/c7-3-4-5(10)1-2-6(8)9-4/h1-2,10H,3,7H2,(H2,8,9). The first kappa shape index (κ1) is 6.82. The highest BCUT2D eigenvalue weighted by Crippen LogP contribution is 2.14. The van der Waals surface area contributed by atoms with Crippen molar-refractivity contribution in [3.63, 3.8) is 0 Å². The lowest BCUT2D eigenvalue weighted by Crippen LogP contribution is -2.01. The molecule has 0 spiro atoms. The second-order valence-electron chi connectivity index (χ2n) is 1.91. The van der Waals surface area contributed by atoms with Crippen LogP contribution in [-0.2, 0) is 6.54 Å². The molecule has 1 rings (SSSR count). The van der Waals surface area contributed by atoms with E-state index in [4.69, 9.17) is 16.6 Å². The van der Waals surface area contributed by atoms with E-state index in [-0.39, 0.29) is 12.3 Å². The van der Waals surface area contributed by atoms with Gasteiger partial charge in [0.05, 0.1) is 5.69 Å². The van der Waals surface area contributed by atoms with Gasteiger partial charge in [-0.1, -0.05) is 0 Å². The molecule has 10 heavy (non-hydrogen) atoms. The lowest BCUT2D eigenvalue weighted by molar-refractivity contribution is 0.464. The predicted molar refractivity (Wildman–Crippen MR) is 38.2 cm³/mol. The van der Waals surface area contributed by atoms with Crippen LogP contribution in [0.2, 0.25) is 0 Å². The van der Waals surface area contributed by atoms with Crippen LogP contribution in [0, 0.1) is 0 Å². The number of nitrogens with two attached hydrogens (primary N) is 2. The summed E-state index contributed by atoms with van der Waals surface area (Å²) >= 11 is 0. The minimum absolute atomic E-state index is 0.0942. The molecule has 0 amide bonds. The van der Waals surface area contributed by atoms with Gasteiger partial charge in [0.2, 0.25) is 0 Å². The second kappa shape index (κ2) is 2.53. The number of anilines is 1. The molecule has 0 saturated heterocycles. The predicted octanol–water partition coefficient (Wildman–Crippen LogP) is -0.172. The van der Waals surface area contributed by atoms with E-state index < -0.39 is 0 Å². The van der Waals surface area contributed by atoms with Crippen molar-refractivity contribution in [2.75, 3.05) is 5.73 Å². The lowest BCUT2D eigenvalue weighted by atomic mass is 10.3. The summed E-state index contributed by atoms with van der Waals surface area (Å²) in [6.07, 6.45) is 0. The van der Waals surface area contributed by atoms with Crippen LogP contribution in [0.25, 0.3) is 0 Å².